The van der Waals surface area contributed by atoms with Gasteiger partial charge in [0.15, 0.2) is 11.5 Å². The van der Waals surface area contributed by atoms with E-state index in [1.165, 1.54) is 0 Å². The van der Waals surface area contributed by atoms with Crippen LogP contribution in [0, 0.1) is 0 Å². The number of nitrogens with two attached hydrogens (primary N) is 1. The molecule has 0 radical (unpaired) electrons. The molecule has 0 aliphatic rings. The van der Waals surface area contributed by atoms with E-state index in [0.717, 1.165) is 25.8 Å². The molecular formula is C18H27N5O3. The van der Waals surface area contributed by atoms with Crippen LogP contribution < -0.4 is 20.1 Å². The second-order valence-electron chi connectivity index (χ2n) is 6.05. The number of amides is 1. The lowest BCUT2D eigenvalue weighted by molar-refractivity contribution is -0.118. The number of anilines is 2. The Labute approximate surface area is 153 Å². The number of aromatic nitrogens is 2. The average Bonchev–Trinajstić information content (AvgIpc) is 2.66. The van der Waals surface area contributed by atoms with Crippen molar-refractivity contribution in [1.29, 1.82) is 0 Å². The van der Waals surface area contributed by atoms with Gasteiger partial charge in [-0.3, -0.25) is 4.79 Å². The SMILES string of the molecule is CCCCN(C=O)CCN(C)c1nc(N)c2cc(OC)c(OC)cc2n1. The predicted octanol–water partition coefficient (Wildman–Crippen LogP) is 1.92. The Kier molecular flexibility index (Phi) is 6.82. The Morgan fingerprint density at radius 3 is 2.42 bits per heavy atom. The molecule has 0 fully saturated rings. The van der Waals surface area contributed by atoms with Crippen LogP contribution >= 0.6 is 0 Å². The highest BCUT2D eigenvalue weighted by atomic mass is 16.5. The third-order valence-electron chi connectivity index (χ3n) is 4.23. The number of nitrogens with zero attached hydrogens (tertiary/aromatic N) is 4. The zero-order valence-electron chi connectivity index (χ0n) is 15.9. The van der Waals surface area contributed by atoms with Crippen molar-refractivity contribution in [3.05, 3.63) is 12.1 Å². The van der Waals surface area contributed by atoms with Gasteiger partial charge in [0.1, 0.15) is 5.82 Å². The number of fused-ring (bicyclic) bond motifs is 1. The van der Waals surface area contributed by atoms with Crippen LogP contribution in [0.2, 0.25) is 0 Å². The Morgan fingerprint density at radius 1 is 1.12 bits per heavy atom. The molecule has 0 saturated carbocycles. The van der Waals surface area contributed by atoms with Gasteiger partial charge in [-0.15, -0.1) is 0 Å². The summed E-state index contributed by atoms with van der Waals surface area (Å²) in [4.78, 5) is 23.8. The number of benzene rings is 1. The molecule has 8 nitrogen and oxygen atoms in total. The summed E-state index contributed by atoms with van der Waals surface area (Å²) in [6.07, 6.45) is 2.93. The Balaban J connectivity index is 2.22. The number of carbonyl (C=O) groups excluding carboxylic acids is 1. The maximum Gasteiger partial charge on any atom is 0.227 e. The quantitative estimate of drug-likeness (QED) is 0.646. The monoisotopic (exact) mass is 361 g/mol. The van der Waals surface area contributed by atoms with E-state index in [1.807, 2.05) is 11.9 Å². The van der Waals surface area contributed by atoms with Crippen LogP contribution in [-0.4, -0.2) is 62.2 Å². The van der Waals surface area contributed by atoms with Crippen LogP contribution in [0.15, 0.2) is 12.1 Å². The molecule has 1 aromatic carbocycles. The van der Waals surface area contributed by atoms with Gasteiger partial charge < -0.3 is 25.0 Å². The number of nitrogen functional groups attached to an aromatic ring is 1. The summed E-state index contributed by atoms with van der Waals surface area (Å²) in [5.41, 5.74) is 6.79. The first kappa shape index (κ1) is 19.6. The number of methoxy groups -OCH3 is 2. The van der Waals surface area contributed by atoms with Crippen LogP contribution in [0.4, 0.5) is 11.8 Å². The molecule has 8 heteroatoms. The number of rotatable bonds is 10. The van der Waals surface area contributed by atoms with Crippen molar-refractivity contribution in [1.82, 2.24) is 14.9 Å². The lowest BCUT2D eigenvalue weighted by Gasteiger charge is -2.23. The molecule has 2 rings (SSSR count). The van der Waals surface area contributed by atoms with E-state index >= 15 is 0 Å². The number of carbonyl (C=O) groups is 1. The molecule has 0 unspecified atom stereocenters. The van der Waals surface area contributed by atoms with Crippen molar-refractivity contribution in [3.8, 4) is 11.5 Å². The minimum absolute atomic E-state index is 0.371. The summed E-state index contributed by atoms with van der Waals surface area (Å²) >= 11 is 0. The van der Waals surface area contributed by atoms with Gasteiger partial charge in [-0.05, 0) is 12.5 Å². The van der Waals surface area contributed by atoms with E-state index in [4.69, 9.17) is 15.2 Å². The average molecular weight is 361 g/mol. The third-order valence-corrected chi connectivity index (χ3v) is 4.23. The zero-order chi connectivity index (χ0) is 19.1. The first-order valence-corrected chi connectivity index (χ1v) is 8.63. The van der Waals surface area contributed by atoms with Crippen LogP contribution in [-0.2, 0) is 4.79 Å². The number of ether oxygens (including phenoxy) is 2. The summed E-state index contributed by atoms with van der Waals surface area (Å²) < 4.78 is 10.6. The molecule has 142 valence electrons. The molecule has 2 aromatic rings. The molecule has 1 aromatic heterocycles. The number of hydrogen-bond donors (Lipinski definition) is 1. The van der Waals surface area contributed by atoms with Crippen LogP contribution in [0.25, 0.3) is 10.9 Å². The van der Waals surface area contributed by atoms with Gasteiger partial charge in [0, 0.05) is 38.1 Å². The Bertz CT molecular complexity index is 753. The fraction of sp³-hybridized carbons (Fsp3) is 0.500. The van der Waals surface area contributed by atoms with Gasteiger partial charge in [-0.25, -0.2) is 4.98 Å². The van der Waals surface area contributed by atoms with Crippen molar-refractivity contribution in [3.63, 3.8) is 0 Å². The van der Waals surface area contributed by atoms with Gasteiger partial charge >= 0.3 is 0 Å². The molecule has 0 atom stereocenters. The maximum atomic E-state index is 11.2. The standard InChI is InChI=1S/C18H27N5O3/c1-5-6-7-23(12-24)9-8-22(2)18-20-14-11-16(26-4)15(25-3)10-13(14)17(19)21-18/h10-12H,5-9H2,1-4H3,(H2,19,20,21). The van der Waals surface area contributed by atoms with Crippen molar-refractivity contribution < 1.29 is 14.3 Å². The molecule has 0 aliphatic heterocycles. The van der Waals surface area contributed by atoms with Crippen molar-refractivity contribution in [2.45, 2.75) is 19.8 Å². The summed E-state index contributed by atoms with van der Waals surface area (Å²) in [6, 6.07) is 3.55. The molecule has 0 bridgehead atoms. The highest BCUT2D eigenvalue weighted by molar-refractivity contribution is 5.91. The highest BCUT2D eigenvalue weighted by Crippen LogP contribution is 2.33. The van der Waals surface area contributed by atoms with E-state index < -0.39 is 0 Å². The van der Waals surface area contributed by atoms with Gasteiger partial charge in [-0.1, -0.05) is 13.3 Å². The number of hydrogen-bond acceptors (Lipinski definition) is 7. The predicted molar refractivity (Wildman–Crippen MR) is 103 cm³/mol. The molecule has 26 heavy (non-hydrogen) atoms. The number of likely N-dealkylation sites (N-methyl/N-ethyl adjacent to an activating group) is 1. The molecule has 2 N–H and O–H groups in total. The second-order valence-corrected chi connectivity index (χ2v) is 6.05. The maximum absolute atomic E-state index is 11.2. The fourth-order valence-electron chi connectivity index (χ4n) is 2.59. The van der Waals surface area contributed by atoms with E-state index in [2.05, 4.69) is 16.9 Å². The third kappa shape index (κ3) is 4.44. The van der Waals surface area contributed by atoms with Gasteiger partial charge in [0.05, 0.1) is 19.7 Å². The van der Waals surface area contributed by atoms with Gasteiger partial charge in [0.2, 0.25) is 12.4 Å². The summed E-state index contributed by atoms with van der Waals surface area (Å²) in [5, 5.41) is 0.706. The van der Waals surface area contributed by atoms with Crippen LogP contribution in [0.5, 0.6) is 11.5 Å². The summed E-state index contributed by atoms with van der Waals surface area (Å²) in [6.45, 7) is 4.07. The highest BCUT2D eigenvalue weighted by Gasteiger charge is 2.14. The Morgan fingerprint density at radius 2 is 1.81 bits per heavy atom. The van der Waals surface area contributed by atoms with Gasteiger partial charge in [-0.2, -0.15) is 4.98 Å². The fourth-order valence-corrected chi connectivity index (χ4v) is 2.59. The van der Waals surface area contributed by atoms with E-state index in [9.17, 15) is 4.79 Å². The molecular weight excluding hydrogens is 334 g/mol. The lowest BCUT2D eigenvalue weighted by Crippen LogP contribution is -2.33. The number of unbranched alkanes of at least 4 members (excludes halogenated alkanes) is 1. The topological polar surface area (TPSA) is 93.8 Å². The summed E-state index contributed by atoms with van der Waals surface area (Å²) in [7, 11) is 5.02. The smallest absolute Gasteiger partial charge is 0.227 e. The van der Waals surface area contributed by atoms with Crippen molar-refractivity contribution in [2.24, 2.45) is 0 Å². The normalized spacial score (nSPS) is 10.6. The first-order chi connectivity index (χ1) is 12.5. The van der Waals surface area contributed by atoms with E-state index in [0.29, 0.717) is 47.3 Å². The minimum atomic E-state index is 0.371. The molecule has 1 heterocycles. The summed E-state index contributed by atoms with van der Waals surface area (Å²) in [5.74, 6) is 2.03. The lowest BCUT2D eigenvalue weighted by atomic mass is 10.2. The van der Waals surface area contributed by atoms with Crippen molar-refractivity contribution in [2.75, 3.05) is 51.5 Å². The largest absolute Gasteiger partial charge is 0.493 e. The van der Waals surface area contributed by atoms with Crippen molar-refractivity contribution >= 4 is 29.1 Å². The van der Waals surface area contributed by atoms with Crippen LogP contribution in [0.3, 0.4) is 0 Å². The zero-order valence-corrected chi connectivity index (χ0v) is 15.9. The minimum Gasteiger partial charge on any atom is -0.493 e. The first-order valence-electron chi connectivity index (χ1n) is 8.63. The molecule has 1 amide bonds. The molecule has 0 spiro atoms. The Hall–Kier alpha value is -2.77. The van der Waals surface area contributed by atoms with Gasteiger partial charge in [0.25, 0.3) is 0 Å². The second kappa shape index (κ2) is 9.07. The molecule has 0 saturated heterocycles. The molecule has 0 aliphatic carbocycles. The van der Waals surface area contributed by atoms with Crippen LogP contribution in [0.1, 0.15) is 19.8 Å². The van der Waals surface area contributed by atoms with E-state index in [1.54, 1.807) is 31.3 Å². The van der Waals surface area contributed by atoms with E-state index in [-0.39, 0.29) is 0 Å².